The van der Waals surface area contributed by atoms with E-state index in [1.807, 2.05) is 85.1 Å². The van der Waals surface area contributed by atoms with Crippen LogP contribution in [0.3, 0.4) is 0 Å². The van der Waals surface area contributed by atoms with E-state index < -0.39 is 14.9 Å². The fraction of sp³-hybridized carbons (Fsp3) is 0.169. The van der Waals surface area contributed by atoms with Crippen molar-refractivity contribution in [3.05, 3.63) is 187 Å². The van der Waals surface area contributed by atoms with E-state index in [0.717, 1.165) is 60.9 Å². The Labute approximate surface area is 406 Å². The second kappa shape index (κ2) is 18.1. The number of benzene rings is 7. The zero-order chi connectivity index (χ0) is 47.5. The molecule has 0 saturated carbocycles. The first-order valence-corrected chi connectivity index (χ1v) is 25.9. The van der Waals surface area contributed by atoms with Gasteiger partial charge in [0.2, 0.25) is 0 Å². The number of furan rings is 1. The van der Waals surface area contributed by atoms with Gasteiger partial charge in [-0.2, -0.15) is 0 Å². The largest absolute Gasteiger partial charge is 0.500 e. The fourth-order valence-electron chi connectivity index (χ4n) is 8.99. The van der Waals surface area contributed by atoms with Crippen LogP contribution in [0.4, 0.5) is 0 Å². The van der Waals surface area contributed by atoms with E-state index in [9.17, 15) is 0 Å². The van der Waals surface area contributed by atoms with Gasteiger partial charge >= 0.3 is 0 Å². The maximum absolute atomic E-state index is 8.21. The summed E-state index contributed by atoms with van der Waals surface area (Å²) in [5.74, 6) is 1.20. The zero-order valence-electron chi connectivity index (χ0n) is 41.2. The SMILES string of the molecule is C[Si](C)(C)c1ccc(-c2[c-]cccc2)nc1.[2H]C([2H])([2H])c1nc2ccc3c4cc[c-]c(-c5nc6ccccc6n5-c5c(C(C)C)cc(-c6ccccc6)cc5C(C)C)c4oc3c2c2ccccc12.[Ir]. The van der Waals surface area contributed by atoms with Crippen molar-refractivity contribution in [2.24, 2.45) is 0 Å². The number of para-hydroxylation sites is 2. The number of imidazole rings is 1. The van der Waals surface area contributed by atoms with E-state index >= 15 is 0 Å². The molecule has 0 unspecified atom stereocenters. The molecular weight excluding hydrogens is 1000 g/mol. The summed E-state index contributed by atoms with van der Waals surface area (Å²) in [6, 6.07) is 57.9. The number of rotatable bonds is 7. The van der Waals surface area contributed by atoms with Crippen LogP contribution in [-0.4, -0.2) is 27.6 Å². The third kappa shape index (κ3) is 8.10. The van der Waals surface area contributed by atoms with Gasteiger partial charge in [-0.05, 0) is 93.6 Å². The average molecular weight is 1060 g/mol. The van der Waals surface area contributed by atoms with E-state index in [0.29, 0.717) is 22.1 Å². The van der Waals surface area contributed by atoms with Gasteiger partial charge in [0.1, 0.15) is 5.58 Å². The van der Waals surface area contributed by atoms with Crippen LogP contribution in [-0.2, 0) is 20.1 Å². The molecule has 0 bridgehead atoms. The smallest absolute Gasteiger partial charge is 0.130 e. The number of hydrogen-bond acceptors (Lipinski definition) is 4. The van der Waals surface area contributed by atoms with Gasteiger partial charge in [0, 0.05) is 52.6 Å². The summed E-state index contributed by atoms with van der Waals surface area (Å²) in [6.45, 7) is 13.6. The molecule has 7 aromatic carbocycles. The van der Waals surface area contributed by atoms with Crippen LogP contribution in [0, 0.1) is 19.0 Å². The molecular formula is C59H52IrN4OSi-2. The molecule has 11 aromatic rings. The second-order valence-electron chi connectivity index (χ2n) is 18.4. The molecule has 0 N–H and O–H groups in total. The number of aryl methyl sites for hydroxylation is 1. The Balaban J connectivity index is 0.000000296. The first kappa shape index (κ1) is 41.0. The van der Waals surface area contributed by atoms with Crippen LogP contribution in [0.25, 0.3) is 94.1 Å². The van der Waals surface area contributed by atoms with Crippen LogP contribution < -0.4 is 5.19 Å². The van der Waals surface area contributed by atoms with Crippen molar-refractivity contribution in [3.8, 4) is 39.5 Å². The van der Waals surface area contributed by atoms with Crippen molar-refractivity contribution in [2.45, 2.75) is 66.0 Å². The number of aromatic nitrogens is 4. The summed E-state index contributed by atoms with van der Waals surface area (Å²) >= 11 is 0. The summed E-state index contributed by atoms with van der Waals surface area (Å²) in [4.78, 5) is 14.5. The van der Waals surface area contributed by atoms with Crippen LogP contribution in [0.15, 0.2) is 162 Å². The molecule has 5 nitrogen and oxygen atoms in total. The molecule has 0 aliphatic carbocycles. The molecule has 0 saturated heterocycles. The van der Waals surface area contributed by atoms with Crippen molar-refractivity contribution in [1.82, 2.24) is 19.5 Å². The van der Waals surface area contributed by atoms with Crippen molar-refractivity contribution < 1.29 is 28.6 Å². The van der Waals surface area contributed by atoms with Crippen molar-refractivity contribution in [3.63, 3.8) is 0 Å². The van der Waals surface area contributed by atoms with Gasteiger partial charge in [0.25, 0.3) is 0 Å². The van der Waals surface area contributed by atoms with Gasteiger partial charge in [-0.25, -0.2) is 0 Å². The molecule has 0 atom stereocenters. The predicted molar refractivity (Wildman–Crippen MR) is 275 cm³/mol. The molecule has 0 amide bonds. The minimum atomic E-state index is -2.36. The van der Waals surface area contributed by atoms with Crippen LogP contribution in [0.1, 0.15) is 60.5 Å². The van der Waals surface area contributed by atoms with E-state index in [1.165, 1.54) is 27.4 Å². The quantitative estimate of drug-likeness (QED) is 0.0907. The molecule has 7 heteroatoms. The van der Waals surface area contributed by atoms with Gasteiger partial charge in [0.15, 0.2) is 0 Å². The summed E-state index contributed by atoms with van der Waals surface area (Å²) in [5.41, 5.74) is 12.7. The molecule has 4 aromatic heterocycles. The van der Waals surface area contributed by atoms with Crippen molar-refractivity contribution in [2.75, 3.05) is 0 Å². The van der Waals surface area contributed by atoms with Gasteiger partial charge in [0.05, 0.1) is 41.4 Å². The second-order valence-corrected chi connectivity index (χ2v) is 23.5. The fourth-order valence-corrected chi connectivity index (χ4v) is 10.0. The molecule has 329 valence electrons. The number of nitrogens with zero attached hydrogens (tertiary/aromatic N) is 4. The molecule has 0 spiro atoms. The topological polar surface area (TPSA) is 56.7 Å². The molecule has 11 rings (SSSR count). The minimum Gasteiger partial charge on any atom is -0.500 e. The molecule has 0 fully saturated rings. The van der Waals surface area contributed by atoms with E-state index in [-0.39, 0.29) is 37.6 Å². The Hall–Kier alpha value is -6.50. The first-order valence-electron chi connectivity index (χ1n) is 23.9. The normalized spacial score (nSPS) is 12.7. The summed E-state index contributed by atoms with van der Waals surface area (Å²) in [7, 11) is -1.23. The maximum atomic E-state index is 8.21. The van der Waals surface area contributed by atoms with Gasteiger partial charge < -0.3 is 14.0 Å². The molecule has 66 heavy (non-hydrogen) atoms. The summed E-state index contributed by atoms with van der Waals surface area (Å²) < 4.78 is 33.9. The third-order valence-corrected chi connectivity index (χ3v) is 14.4. The number of hydrogen-bond donors (Lipinski definition) is 0. The van der Waals surface area contributed by atoms with E-state index in [4.69, 9.17) is 18.5 Å². The summed E-state index contributed by atoms with van der Waals surface area (Å²) in [5, 5.41) is 5.43. The Kier molecular flexibility index (Phi) is 11.2. The first-order chi connectivity index (χ1) is 32.7. The van der Waals surface area contributed by atoms with Gasteiger partial charge in [-0.1, -0.05) is 137 Å². The standard InChI is InChI=1S/C45H36N3O.C14H16NSi.Ir/c1-26(2)36-24-30(29-14-7-6-8-15-29)25-37(27(3)4)42(36)48-40-21-12-11-20-38(40)47-45(48)35-19-13-18-33-34-22-23-39-41(44(34)49-43(33)35)32-17-10-9-16-31(32)28(5)46-39;1-16(2,3)13-9-10-14(15-11-13)12-7-5-4-6-8-12;/h6-18,20-27H,1-5H3;4-7,9-11H,1-3H3;/q2*-1;/i5D3;;. The zero-order valence-corrected chi connectivity index (χ0v) is 41.6. The monoisotopic (exact) mass is 1060 g/mol. The number of fused-ring (bicyclic) bond motifs is 8. The Morgan fingerprint density at radius 2 is 1.32 bits per heavy atom. The summed E-state index contributed by atoms with van der Waals surface area (Å²) in [6.07, 6.45) is 2.02. The molecule has 1 radical (unpaired) electrons. The molecule has 0 aliphatic rings. The Morgan fingerprint density at radius 3 is 2.00 bits per heavy atom. The van der Waals surface area contributed by atoms with Crippen molar-refractivity contribution in [1.29, 1.82) is 0 Å². The maximum Gasteiger partial charge on any atom is 0.130 e. The van der Waals surface area contributed by atoms with Crippen LogP contribution in [0.2, 0.25) is 19.6 Å². The minimum absolute atomic E-state index is 0. The van der Waals surface area contributed by atoms with Gasteiger partial charge in [-0.15, -0.1) is 54.1 Å². The Bertz CT molecular complexity index is 3620. The van der Waals surface area contributed by atoms with Gasteiger partial charge in [-0.3, -0.25) is 9.97 Å². The molecule has 0 aliphatic heterocycles. The average Bonchev–Trinajstić information content (AvgIpc) is 3.92. The number of pyridine rings is 2. The van der Waals surface area contributed by atoms with Crippen LogP contribution >= 0.6 is 0 Å². The predicted octanol–water partition coefficient (Wildman–Crippen LogP) is 15.4. The molecule has 4 heterocycles. The van der Waals surface area contributed by atoms with E-state index in [2.05, 4.69) is 142 Å². The third-order valence-electron chi connectivity index (χ3n) is 12.4. The van der Waals surface area contributed by atoms with Crippen LogP contribution in [0.5, 0.6) is 0 Å². The Morgan fingerprint density at radius 1 is 0.621 bits per heavy atom. The van der Waals surface area contributed by atoms with E-state index in [1.54, 1.807) is 0 Å². The van der Waals surface area contributed by atoms with Crippen molar-refractivity contribution >= 4 is 67.9 Å².